The first-order valence-corrected chi connectivity index (χ1v) is 7.02. The molecule has 0 aliphatic heterocycles. The third-order valence-corrected chi connectivity index (χ3v) is 3.53. The number of nitrogens with zero attached hydrogens (tertiary/aromatic N) is 1. The highest BCUT2D eigenvalue weighted by atomic mass is 79.9. The van der Waals surface area contributed by atoms with E-state index in [4.69, 9.17) is 27.3 Å². The highest BCUT2D eigenvalue weighted by Crippen LogP contribution is 2.24. The first kappa shape index (κ1) is 15.6. The molecule has 0 heterocycles. The molecule has 0 atom stereocenters. The van der Waals surface area contributed by atoms with E-state index in [0.717, 1.165) is 4.47 Å². The van der Waals surface area contributed by atoms with Crippen molar-refractivity contribution in [1.82, 2.24) is 0 Å². The molecular formula is C14H11BrClFN2O2. The largest absolute Gasteiger partial charge is 0.489 e. The first-order valence-electron chi connectivity index (χ1n) is 5.85. The Hall–Kier alpha value is -1.79. The van der Waals surface area contributed by atoms with E-state index < -0.39 is 0 Å². The van der Waals surface area contributed by atoms with Gasteiger partial charge in [0.1, 0.15) is 18.2 Å². The van der Waals surface area contributed by atoms with Crippen LogP contribution in [0.5, 0.6) is 5.75 Å². The van der Waals surface area contributed by atoms with Gasteiger partial charge in [-0.3, -0.25) is 0 Å². The monoisotopic (exact) mass is 372 g/mol. The van der Waals surface area contributed by atoms with E-state index in [1.807, 2.05) is 0 Å². The lowest BCUT2D eigenvalue weighted by Crippen LogP contribution is -2.13. The molecule has 0 aliphatic carbocycles. The topological polar surface area (TPSA) is 67.8 Å². The zero-order chi connectivity index (χ0) is 15.4. The second-order valence-corrected chi connectivity index (χ2v) is 5.47. The molecule has 0 spiro atoms. The fourth-order valence-corrected chi connectivity index (χ4v) is 2.34. The SMILES string of the molecule is N/C(=N/O)c1ccc(OCc2cc(Br)ccc2F)cc1Cl. The average Bonchev–Trinajstić information content (AvgIpc) is 2.47. The molecular weight excluding hydrogens is 363 g/mol. The zero-order valence-electron chi connectivity index (χ0n) is 10.7. The van der Waals surface area contributed by atoms with Crippen LogP contribution in [0.1, 0.15) is 11.1 Å². The van der Waals surface area contributed by atoms with E-state index in [2.05, 4.69) is 21.1 Å². The summed E-state index contributed by atoms with van der Waals surface area (Å²) in [7, 11) is 0. The van der Waals surface area contributed by atoms with E-state index in [1.165, 1.54) is 12.1 Å². The Labute approximate surface area is 134 Å². The lowest BCUT2D eigenvalue weighted by Gasteiger charge is -2.09. The van der Waals surface area contributed by atoms with Crippen LogP contribution >= 0.6 is 27.5 Å². The average molecular weight is 374 g/mol. The molecule has 0 aliphatic rings. The van der Waals surface area contributed by atoms with Crippen molar-refractivity contribution in [3.05, 3.63) is 62.8 Å². The maximum atomic E-state index is 13.6. The van der Waals surface area contributed by atoms with Crippen LogP contribution in [-0.2, 0) is 6.61 Å². The molecule has 0 fully saturated rings. The van der Waals surface area contributed by atoms with Gasteiger partial charge in [0.25, 0.3) is 0 Å². The van der Waals surface area contributed by atoms with Crippen LogP contribution in [-0.4, -0.2) is 11.0 Å². The Bertz CT molecular complexity index is 695. The summed E-state index contributed by atoms with van der Waals surface area (Å²) in [4.78, 5) is 0. The van der Waals surface area contributed by atoms with Crippen LogP contribution in [0.4, 0.5) is 4.39 Å². The van der Waals surface area contributed by atoms with E-state index in [9.17, 15) is 4.39 Å². The molecule has 2 aromatic rings. The molecule has 0 aromatic heterocycles. The molecule has 0 saturated heterocycles. The van der Waals surface area contributed by atoms with Gasteiger partial charge >= 0.3 is 0 Å². The van der Waals surface area contributed by atoms with Gasteiger partial charge in [-0.05, 0) is 36.4 Å². The van der Waals surface area contributed by atoms with Gasteiger partial charge in [0.05, 0.1) is 5.02 Å². The molecule has 7 heteroatoms. The van der Waals surface area contributed by atoms with E-state index in [1.54, 1.807) is 24.3 Å². The van der Waals surface area contributed by atoms with Crippen LogP contribution in [0.3, 0.4) is 0 Å². The van der Waals surface area contributed by atoms with Crippen molar-refractivity contribution in [2.24, 2.45) is 10.9 Å². The van der Waals surface area contributed by atoms with E-state index in [-0.39, 0.29) is 23.3 Å². The fraction of sp³-hybridized carbons (Fsp3) is 0.0714. The molecule has 21 heavy (non-hydrogen) atoms. The van der Waals surface area contributed by atoms with Gasteiger partial charge in [0, 0.05) is 15.6 Å². The van der Waals surface area contributed by atoms with Gasteiger partial charge in [0.15, 0.2) is 5.84 Å². The first-order chi connectivity index (χ1) is 10.0. The highest BCUT2D eigenvalue weighted by molar-refractivity contribution is 9.10. The number of nitrogens with two attached hydrogens (primary N) is 1. The summed E-state index contributed by atoms with van der Waals surface area (Å²) >= 11 is 9.28. The maximum Gasteiger partial charge on any atom is 0.171 e. The second-order valence-electron chi connectivity index (χ2n) is 4.15. The molecule has 0 amide bonds. The van der Waals surface area contributed by atoms with Gasteiger partial charge in [-0.2, -0.15) is 0 Å². The van der Waals surface area contributed by atoms with Gasteiger partial charge in [-0.15, -0.1) is 0 Å². The van der Waals surface area contributed by atoms with Crippen molar-refractivity contribution in [3.8, 4) is 5.75 Å². The van der Waals surface area contributed by atoms with Gasteiger partial charge < -0.3 is 15.7 Å². The predicted octanol–water partition coefficient (Wildman–Crippen LogP) is 3.92. The van der Waals surface area contributed by atoms with Crippen LogP contribution in [0.2, 0.25) is 5.02 Å². The molecule has 2 rings (SSSR count). The normalized spacial score (nSPS) is 11.5. The number of ether oxygens (including phenoxy) is 1. The molecule has 2 aromatic carbocycles. The minimum absolute atomic E-state index is 0.0600. The van der Waals surface area contributed by atoms with E-state index in [0.29, 0.717) is 16.9 Å². The number of hydrogen-bond acceptors (Lipinski definition) is 3. The lowest BCUT2D eigenvalue weighted by atomic mass is 10.2. The van der Waals surface area contributed by atoms with Crippen molar-refractivity contribution in [2.45, 2.75) is 6.61 Å². The van der Waals surface area contributed by atoms with Gasteiger partial charge in [-0.1, -0.05) is 32.7 Å². The summed E-state index contributed by atoms with van der Waals surface area (Å²) in [5.74, 6) is 0.0102. The number of amidine groups is 1. The van der Waals surface area contributed by atoms with Gasteiger partial charge in [-0.25, -0.2) is 4.39 Å². The van der Waals surface area contributed by atoms with Crippen molar-refractivity contribution >= 4 is 33.4 Å². The Balaban J connectivity index is 2.14. The number of benzene rings is 2. The standard InChI is InChI=1S/C14H11BrClFN2O2/c15-9-1-4-13(17)8(5-9)7-21-10-2-3-11(12(16)6-10)14(18)19-20/h1-6,20H,7H2,(H2,18,19). The Kier molecular flexibility index (Phi) is 5.03. The lowest BCUT2D eigenvalue weighted by molar-refractivity contribution is 0.299. The summed E-state index contributed by atoms with van der Waals surface area (Å²) in [5.41, 5.74) is 6.27. The van der Waals surface area contributed by atoms with Crippen molar-refractivity contribution in [1.29, 1.82) is 0 Å². The summed E-state index contributed by atoms with van der Waals surface area (Å²) < 4.78 is 19.8. The number of oxime groups is 1. The van der Waals surface area contributed by atoms with E-state index >= 15 is 0 Å². The molecule has 110 valence electrons. The molecule has 4 nitrogen and oxygen atoms in total. The summed E-state index contributed by atoms with van der Waals surface area (Å²) in [6, 6.07) is 9.30. The van der Waals surface area contributed by atoms with Crippen LogP contribution in [0.15, 0.2) is 46.0 Å². The number of hydrogen-bond donors (Lipinski definition) is 2. The summed E-state index contributed by atoms with van der Waals surface area (Å²) in [6.45, 7) is 0.0600. The third kappa shape index (κ3) is 3.86. The van der Waals surface area contributed by atoms with Crippen molar-refractivity contribution in [3.63, 3.8) is 0 Å². The van der Waals surface area contributed by atoms with Crippen molar-refractivity contribution < 1.29 is 14.3 Å². The fourth-order valence-electron chi connectivity index (χ4n) is 1.66. The highest BCUT2D eigenvalue weighted by Gasteiger charge is 2.08. The Morgan fingerprint density at radius 1 is 1.33 bits per heavy atom. The van der Waals surface area contributed by atoms with Crippen LogP contribution < -0.4 is 10.5 Å². The van der Waals surface area contributed by atoms with Crippen LogP contribution in [0, 0.1) is 5.82 Å². The predicted molar refractivity (Wildman–Crippen MR) is 82.4 cm³/mol. The Morgan fingerprint density at radius 3 is 2.76 bits per heavy atom. The summed E-state index contributed by atoms with van der Waals surface area (Å²) in [5, 5.41) is 11.8. The van der Waals surface area contributed by atoms with Crippen LogP contribution in [0.25, 0.3) is 0 Å². The second kappa shape index (κ2) is 6.78. The molecule has 0 bridgehead atoms. The number of halogens is 3. The Morgan fingerprint density at radius 2 is 2.10 bits per heavy atom. The quantitative estimate of drug-likeness (QED) is 0.369. The molecule has 3 N–H and O–H groups in total. The smallest absolute Gasteiger partial charge is 0.171 e. The maximum absolute atomic E-state index is 13.6. The third-order valence-electron chi connectivity index (χ3n) is 2.73. The molecule has 0 saturated carbocycles. The minimum atomic E-state index is -0.349. The molecule has 0 radical (unpaired) electrons. The zero-order valence-corrected chi connectivity index (χ0v) is 13.0. The van der Waals surface area contributed by atoms with Gasteiger partial charge in [0.2, 0.25) is 0 Å². The molecule has 0 unspecified atom stereocenters. The number of rotatable bonds is 4. The summed E-state index contributed by atoms with van der Waals surface area (Å²) in [6.07, 6.45) is 0. The van der Waals surface area contributed by atoms with Crippen molar-refractivity contribution in [2.75, 3.05) is 0 Å². The minimum Gasteiger partial charge on any atom is -0.489 e.